The van der Waals surface area contributed by atoms with Gasteiger partial charge in [-0.1, -0.05) is 26.8 Å². The van der Waals surface area contributed by atoms with Gasteiger partial charge in [0, 0.05) is 20.0 Å². The van der Waals surface area contributed by atoms with E-state index in [1.807, 2.05) is 26.8 Å². The zero-order valence-corrected chi connectivity index (χ0v) is 13.1. The van der Waals surface area contributed by atoms with E-state index in [1.165, 1.54) is 4.90 Å². The normalized spacial score (nSPS) is 24.6. The van der Waals surface area contributed by atoms with Crippen LogP contribution in [0.15, 0.2) is 11.8 Å². The van der Waals surface area contributed by atoms with E-state index in [2.05, 4.69) is 0 Å². The van der Waals surface area contributed by atoms with E-state index < -0.39 is 6.04 Å². The predicted molar refractivity (Wildman–Crippen MR) is 76.8 cm³/mol. The number of carbonyl (C=O) groups excluding carboxylic acids is 2. The number of piperazine rings is 1. The zero-order valence-electron chi connectivity index (χ0n) is 12.3. The van der Waals surface area contributed by atoms with Crippen LogP contribution in [0.2, 0.25) is 0 Å². The second-order valence-corrected chi connectivity index (χ2v) is 5.93. The minimum absolute atomic E-state index is 0.0361. The molecule has 1 saturated heterocycles. The molecule has 1 aliphatic rings. The molecular formula is C14H23ClN2O2. The number of hydrogen-bond donors (Lipinski definition) is 0. The van der Waals surface area contributed by atoms with Crippen LogP contribution in [0, 0.1) is 11.8 Å². The first-order valence-corrected chi connectivity index (χ1v) is 7.15. The summed E-state index contributed by atoms with van der Waals surface area (Å²) in [6.07, 6.45) is 2.43. The van der Waals surface area contributed by atoms with Gasteiger partial charge in [0.05, 0.1) is 0 Å². The summed E-state index contributed by atoms with van der Waals surface area (Å²) in [4.78, 5) is 27.7. The molecule has 0 spiro atoms. The molecule has 1 rings (SSSR count). The van der Waals surface area contributed by atoms with Gasteiger partial charge in [0.1, 0.15) is 11.7 Å². The number of nitrogens with zero attached hydrogens (tertiary/aromatic N) is 2. The number of alkyl halides is 1. The van der Waals surface area contributed by atoms with E-state index in [4.69, 9.17) is 11.6 Å². The van der Waals surface area contributed by atoms with Crippen molar-refractivity contribution in [2.75, 3.05) is 20.0 Å². The molecule has 0 aromatic heterocycles. The van der Waals surface area contributed by atoms with E-state index in [0.29, 0.717) is 18.0 Å². The Labute approximate surface area is 120 Å². The average molecular weight is 287 g/mol. The summed E-state index contributed by atoms with van der Waals surface area (Å²) in [7, 11) is 3.35. The van der Waals surface area contributed by atoms with Crippen molar-refractivity contribution in [3.63, 3.8) is 0 Å². The van der Waals surface area contributed by atoms with Crippen molar-refractivity contribution in [2.24, 2.45) is 11.8 Å². The maximum Gasteiger partial charge on any atom is 0.270 e. The smallest absolute Gasteiger partial charge is 0.270 e. The van der Waals surface area contributed by atoms with Crippen molar-refractivity contribution in [1.29, 1.82) is 0 Å². The summed E-state index contributed by atoms with van der Waals surface area (Å²) < 4.78 is 0. The minimum Gasteiger partial charge on any atom is -0.328 e. The monoisotopic (exact) mass is 286 g/mol. The van der Waals surface area contributed by atoms with Gasteiger partial charge in [-0.15, -0.1) is 11.6 Å². The molecule has 2 atom stereocenters. The van der Waals surface area contributed by atoms with E-state index in [-0.39, 0.29) is 23.7 Å². The van der Waals surface area contributed by atoms with Crippen LogP contribution in [0.25, 0.3) is 0 Å². The highest BCUT2D eigenvalue weighted by atomic mass is 35.5. The molecule has 5 heteroatoms. The highest BCUT2D eigenvalue weighted by Crippen LogP contribution is 2.24. The van der Waals surface area contributed by atoms with Crippen LogP contribution in [0.5, 0.6) is 0 Å². The number of hydrogen-bond acceptors (Lipinski definition) is 2. The number of halogens is 1. The zero-order chi connectivity index (χ0) is 14.7. The molecule has 4 nitrogen and oxygen atoms in total. The summed E-state index contributed by atoms with van der Waals surface area (Å²) >= 11 is 5.80. The van der Waals surface area contributed by atoms with Gasteiger partial charge in [-0.25, -0.2) is 0 Å². The molecule has 1 fully saturated rings. The Bertz CT molecular complexity index is 393. The molecule has 108 valence electrons. The summed E-state index contributed by atoms with van der Waals surface area (Å²) in [5.74, 6) is 0.786. The molecule has 0 bridgehead atoms. The van der Waals surface area contributed by atoms with Crippen molar-refractivity contribution in [3.05, 3.63) is 11.8 Å². The molecule has 0 aromatic carbocycles. The highest BCUT2D eigenvalue weighted by molar-refractivity contribution is 6.18. The van der Waals surface area contributed by atoms with E-state index >= 15 is 0 Å². The van der Waals surface area contributed by atoms with E-state index in [1.54, 1.807) is 19.0 Å². The number of rotatable bonds is 4. The number of amides is 2. The number of likely N-dealkylation sites (N-methyl/N-ethyl adjacent to an activating group) is 2. The summed E-state index contributed by atoms with van der Waals surface area (Å²) in [5, 5.41) is 0. The molecule has 1 heterocycles. The topological polar surface area (TPSA) is 40.6 Å². The largest absolute Gasteiger partial charge is 0.328 e. The molecule has 19 heavy (non-hydrogen) atoms. The lowest BCUT2D eigenvalue weighted by atomic mass is 9.98. The lowest BCUT2D eigenvalue weighted by Crippen LogP contribution is -2.56. The second kappa shape index (κ2) is 6.42. The second-order valence-electron chi connectivity index (χ2n) is 5.62. The first kappa shape index (κ1) is 16.0. The van der Waals surface area contributed by atoms with Gasteiger partial charge in [0.25, 0.3) is 5.91 Å². The van der Waals surface area contributed by atoms with Gasteiger partial charge in [-0.3, -0.25) is 9.59 Å². The third-order valence-corrected chi connectivity index (χ3v) is 3.89. The number of allylic oxidation sites excluding steroid dienone is 1. The molecule has 2 amide bonds. The molecule has 1 unspecified atom stereocenters. The Morgan fingerprint density at radius 3 is 2.32 bits per heavy atom. The quantitative estimate of drug-likeness (QED) is 0.586. The molecule has 0 N–H and O–H groups in total. The molecule has 0 saturated carbocycles. The molecule has 0 aliphatic carbocycles. The van der Waals surface area contributed by atoms with Crippen molar-refractivity contribution in [2.45, 2.75) is 33.2 Å². The number of carbonyl (C=O) groups is 2. The molecule has 0 aromatic rings. The lowest BCUT2D eigenvalue weighted by Gasteiger charge is -2.39. The van der Waals surface area contributed by atoms with Crippen molar-refractivity contribution < 1.29 is 9.59 Å². The molecule has 1 aliphatic heterocycles. The van der Waals surface area contributed by atoms with Crippen LogP contribution in [0.4, 0.5) is 0 Å². The van der Waals surface area contributed by atoms with Crippen LogP contribution in [-0.2, 0) is 9.59 Å². The fraction of sp³-hybridized carbons (Fsp3) is 0.714. The Hall–Kier alpha value is -1.03. The highest BCUT2D eigenvalue weighted by Gasteiger charge is 2.39. The van der Waals surface area contributed by atoms with E-state index in [0.717, 1.165) is 0 Å². The van der Waals surface area contributed by atoms with Crippen LogP contribution in [0.1, 0.15) is 27.2 Å². The Morgan fingerprint density at radius 2 is 1.84 bits per heavy atom. The van der Waals surface area contributed by atoms with E-state index in [9.17, 15) is 9.59 Å². The summed E-state index contributed by atoms with van der Waals surface area (Å²) in [6, 6.07) is -0.407. The molecular weight excluding hydrogens is 264 g/mol. The maximum absolute atomic E-state index is 12.4. The van der Waals surface area contributed by atoms with Crippen LogP contribution in [-0.4, -0.2) is 47.6 Å². The van der Waals surface area contributed by atoms with Gasteiger partial charge < -0.3 is 9.80 Å². The molecule has 0 radical (unpaired) electrons. The summed E-state index contributed by atoms with van der Waals surface area (Å²) in [6.45, 7) is 5.96. The standard InChI is InChI=1S/C14H23ClN2O2/c1-9(2)6-11-13(18)17(5)12(7-10(3)8-15)14(19)16(11)4/h6,9-10,12H,7-8H2,1-5H3/b11-6+/t10?,12-/m0/s1. The van der Waals surface area contributed by atoms with Gasteiger partial charge in [-0.2, -0.15) is 0 Å². The third kappa shape index (κ3) is 3.50. The fourth-order valence-corrected chi connectivity index (χ4v) is 2.30. The van der Waals surface area contributed by atoms with Crippen LogP contribution >= 0.6 is 11.6 Å². The first-order chi connectivity index (χ1) is 8.79. The van der Waals surface area contributed by atoms with Crippen molar-refractivity contribution >= 4 is 23.4 Å². The van der Waals surface area contributed by atoms with Gasteiger partial charge in [-0.05, 0) is 18.3 Å². The average Bonchev–Trinajstić information content (AvgIpc) is 2.36. The minimum atomic E-state index is -0.407. The van der Waals surface area contributed by atoms with Gasteiger partial charge in [0.15, 0.2) is 0 Å². The van der Waals surface area contributed by atoms with Gasteiger partial charge in [0.2, 0.25) is 5.91 Å². The summed E-state index contributed by atoms with van der Waals surface area (Å²) in [5.41, 5.74) is 0.470. The predicted octanol–water partition coefficient (Wildman–Crippen LogP) is 2.09. The lowest BCUT2D eigenvalue weighted by molar-refractivity contribution is -0.149. The Balaban J connectivity index is 2.99. The Morgan fingerprint density at radius 1 is 1.26 bits per heavy atom. The Kier molecular flexibility index (Phi) is 5.41. The van der Waals surface area contributed by atoms with Crippen LogP contribution < -0.4 is 0 Å². The van der Waals surface area contributed by atoms with Crippen molar-refractivity contribution in [3.8, 4) is 0 Å². The van der Waals surface area contributed by atoms with Crippen molar-refractivity contribution in [1.82, 2.24) is 9.80 Å². The fourth-order valence-electron chi connectivity index (χ4n) is 2.18. The van der Waals surface area contributed by atoms with Crippen LogP contribution in [0.3, 0.4) is 0 Å². The first-order valence-electron chi connectivity index (χ1n) is 6.62. The third-order valence-electron chi connectivity index (χ3n) is 3.36. The SMILES string of the molecule is CC(C)/C=C1\C(=O)N(C)[C@@H](CC(C)CCl)C(=O)N1C. The van der Waals surface area contributed by atoms with Gasteiger partial charge >= 0.3 is 0 Å². The maximum atomic E-state index is 12.4.